The molecule has 1 heterocycles. The Bertz CT molecular complexity index is 595. The minimum Gasteiger partial charge on any atom is -0.389 e. The fourth-order valence-corrected chi connectivity index (χ4v) is 2.14. The Morgan fingerprint density at radius 2 is 2.20 bits per heavy atom. The molecule has 106 valence electrons. The van der Waals surface area contributed by atoms with Crippen LogP contribution in [0.2, 0.25) is 0 Å². The maximum atomic E-state index is 12.4. The molecule has 0 saturated heterocycles. The Kier molecular flexibility index (Phi) is 4.65. The van der Waals surface area contributed by atoms with Crippen LogP contribution in [-0.2, 0) is 4.74 Å². The standard InChI is InChI=1S/C15H18N2O3/c1-17(9-11(18)10-20-2)15(19)13-5-3-7-14-12(13)6-4-8-16-14/h3-8,11,18H,9-10H2,1-2H3. The van der Waals surface area contributed by atoms with Gasteiger partial charge in [-0.25, -0.2) is 0 Å². The number of hydrogen-bond acceptors (Lipinski definition) is 4. The van der Waals surface area contributed by atoms with Gasteiger partial charge >= 0.3 is 0 Å². The van der Waals surface area contributed by atoms with Crippen LogP contribution in [0.4, 0.5) is 0 Å². The number of aliphatic hydroxyl groups excluding tert-OH is 1. The van der Waals surface area contributed by atoms with E-state index in [9.17, 15) is 9.90 Å². The maximum absolute atomic E-state index is 12.4. The number of carbonyl (C=O) groups excluding carboxylic acids is 1. The summed E-state index contributed by atoms with van der Waals surface area (Å²) in [5, 5.41) is 10.5. The third kappa shape index (κ3) is 3.12. The summed E-state index contributed by atoms with van der Waals surface area (Å²) in [5.41, 5.74) is 1.37. The molecule has 1 N–H and O–H groups in total. The summed E-state index contributed by atoms with van der Waals surface area (Å²) in [6.45, 7) is 0.429. The Morgan fingerprint density at radius 1 is 1.40 bits per heavy atom. The monoisotopic (exact) mass is 274 g/mol. The molecular weight excluding hydrogens is 256 g/mol. The van der Waals surface area contributed by atoms with E-state index in [4.69, 9.17) is 4.74 Å². The van der Waals surface area contributed by atoms with Crippen molar-refractivity contribution < 1.29 is 14.6 Å². The Labute approximate surface area is 117 Å². The lowest BCUT2D eigenvalue weighted by Gasteiger charge is -2.21. The molecule has 0 aliphatic heterocycles. The Morgan fingerprint density at radius 3 is 2.95 bits per heavy atom. The molecule has 5 heteroatoms. The molecule has 0 fully saturated rings. The number of fused-ring (bicyclic) bond motifs is 1. The van der Waals surface area contributed by atoms with Crippen LogP contribution in [0.5, 0.6) is 0 Å². The van der Waals surface area contributed by atoms with Gasteiger partial charge in [0, 0.05) is 37.8 Å². The van der Waals surface area contributed by atoms with Crippen molar-refractivity contribution in [1.29, 1.82) is 0 Å². The topological polar surface area (TPSA) is 62.7 Å². The van der Waals surface area contributed by atoms with Gasteiger partial charge in [0.1, 0.15) is 0 Å². The van der Waals surface area contributed by atoms with Gasteiger partial charge in [-0.05, 0) is 18.2 Å². The first kappa shape index (κ1) is 14.4. The van der Waals surface area contributed by atoms with Crippen LogP contribution < -0.4 is 0 Å². The fraction of sp³-hybridized carbons (Fsp3) is 0.333. The number of pyridine rings is 1. The molecule has 20 heavy (non-hydrogen) atoms. The third-order valence-electron chi connectivity index (χ3n) is 3.07. The van der Waals surface area contributed by atoms with Gasteiger partial charge in [-0.15, -0.1) is 0 Å². The van der Waals surface area contributed by atoms with Crippen LogP contribution in [0.15, 0.2) is 36.5 Å². The minimum atomic E-state index is -0.693. The average molecular weight is 274 g/mol. The van der Waals surface area contributed by atoms with Gasteiger partial charge < -0.3 is 14.7 Å². The van der Waals surface area contributed by atoms with Crippen LogP contribution in [0, 0.1) is 0 Å². The van der Waals surface area contributed by atoms with E-state index in [0.717, 1.165) is 10.9 Å². The van der Waals surface area contributed by atoms with E-state index in [0.29, 0.717) is 5.56 Å². The number of ether oxygens (including phenoxy) is 1. The van der Waals surface area contributed by atoms with Crippen molar-refractivity contribution in [3.63, 3.8) is 0 Å². The molecule has 0 aliphatic rings. The first-order valence-corrected chi connectivity index (χ1v) is 6.39. The minimum absolute atomic E-state index is 0.140. The zero-order valence-electron chi connectivity index (χ0n) is 11.6. The molecule has 1 unspecified atom stereocenters. The number of carbonyl (C=O) groups is 1. The maximum Gasteiger partial charge on any atom is 0.254 e. The van der Waals surface area contributed by atoms with Gasteiger partial charge in [0.15, 0.2) is 0 Å². The van der Waals surface area contributed by atoms with Crippen molar-refractivity contribution in [3.05, 3.63) is 42.1 Å². The molecule has 2 aromatic rings. The summed E-state index contributed by atoms with van der Waals surface area (Å²) in [4.78, 5) is 18.2. The number of benzene rings is 1. The quantitative estimate of drug-likeness (QED) is 0.893. The second kappa shape index (κ2) is 6.45. The zero-order valence-corrected chi connectivity index (χ0v) is 11.6. The molecule has 1 amide bonds. The van der Waals surface area contributed by atoms with E-state index in [1.807, 2.05) is 18.2 Å². The SMILES string of the molecule is COCC(O)CN(C)C(=O)c1cccc2ncccc12. The summed E-state index contributed by atoms with van der Waals surface area (Å²) in [5.74, 6) is -0.140. The van der Waals surface area contributed by atoms with Crippen LogP contribution in [0.25, 0.3) is 10.9 Å². The summed E-state index contributed by atoms with van der Waals surface area (Å²) >= 11 is 0. The van der Waals surface area contributed by atoms with Gasteiger partial charge in [0.2, 0.25) is 0 Å². The van der Waals surface area contributed by atoms with Crippen molar-refractivity contribution in [3.8, 4) is 0 Å². The number of likely N-dealkylation sites (N-methyl/N-ethyl adjacent to an activating group) is 1. The smallest absolute Gasteiger partial charge is 0.254 e. The second-order valence-electron chi connectivity index (χ2n) is 4.67. The fourth-order valence-electron chi connectivity index (χ4n) is 2.14. The third-order valence-corrected chi connectivity index (χ3v) is 3.07. The number of methoxy groups -OCH3 is 1. The van der Waals surface area contributed by atoms with Crippen LogP contribution >= 0.6 is 0 Å². The zero-order chi connectivity index (χ0) is 14.5. The lowest BCUT2D eigenvalue weighted by molar-refractivity contribution is 0.0381. The Balaban J connectivity index is 2.23. The molecule has 0 spiro atoms. The van der Waals surface area contributed by atoms with E-state index < -0.39 is 6.10 Å². The van der Waals surface area contributed by atoms with Crippen molar-refractivity contribution in [1.82, 2.24) is 9.88 Å². The van der Waals surface area contributed by atoms with E-state index >= 15 is 0 Å². The summed E-state index contributed by atoms with van der Waals surface area (Å²) in [6, 6.07) is 9.12. The molecule has 0 bridgehead atoms. The molecular formula is C15H18N2O3. The van der Waals surface area contributed by atoms with Gasteiger partial charge in [0.05, 0.1) is 18.2 Å². The number of hydrogen-bond donors (Lipinski definition) is 1. The van der Waals surface area contributed by atoms with Crippen LogP contribution in [-0.4, -0.2) is 54.3 Å². The number of nitrogens with zero attached hydrogens (tertiary/aromatic N) is 2. The highest BCUT2D eigenvalue weighted by Gasteiger charge is 2.17. The largest absolute Gasteiger partial charge is 0.389 e. The molecule has 0 saturated carbocycles. The van der Waals surface area contributed by atoms with Crippen molar-refractivity contribution in [2.45, 2.75) is 6.10 Å². The van der Waals surface area contributed by atoms with Crippen molar-refractivity contribution in [2.75, 3.05) is 27.3 Å². The summed E-state index contributed by atoms with van der Waals surface area (Å²) in [7, 11) is 3.18. The first-order chi connectivity index (χ1) is 9.63. The van der Waals surface area contributed by atoms with E-state index in [-0.39, 0.29) is 19.1 Å². The molecule has 1 atom stereocenters. The molecule has 1 aromatic carbocycles. The first-order valence-electron chi connectivity index (χ1n) is 6.39. The summed E-state index contributed by atoms with van der Waals surface area (Å²) < 4.78 is 4.86. The lowest BCUT2D eigenvalue weighted by Crippen LogP contribution is -2.36. The highest BCUT2D eigenvalue weighted by atomic mass is 16.5. The van der Waals surface area contributed by atoms with Crippen LogP contribution in [0.1, 0.15) is 10.4 Å². The molecule has 2 rings (SSSR count). The number of amides is 1. The number of aliphatic hydroxyl groups is 1. The molecule has 0 radical (unpaired) electrons. The van der Waals surface area contributed by atoms with Crippen molar-refractivity contribution >= 4 is 16.8 Å². The molecule has 1 aromatic heterocycles. The van der Waals surface area contributed by atoms with E-state index in [1.54, 1.807) is 25.4 Å². The highest BCUT2D eigenvalue weighted by Crippen LogP contribution is 2.17. The lowest BCUT2D eigenvalue weighted by atomic mass is 10.1. The van der Waals surface area contributed by atoms with Gasteiger partial charge in [0.25, 0.3) is 5.91 Å². The van der Waals surface area contributed by atoms with Gasteiger partial charge in [-0.1, -0.05) is 12.1 Å². The molecule has 5 nitrogen and oxygen atoms in total. The predicted octanol–water partition coefficient (Wildman–Crippen LogP) is 1.31. The predicted molar refractivity (Wildman–Crippen MR) is 76.6 cm³/mol. The number of aromatic nitrogens is 1. The second-order valence-corrected chi connectivity index (χ2v) is 4.67. The molecule has 0 aliphatic carbocycles. The van der Waals surface area contributed by atoms with Crippen LogP contribution in [0.3, 0.4) is 0 Å². The highest BCUT2D eigenvalue weighted by molar-refractivity contribution is 6.06. The number of rotatable bonds is 5. The normalized spacial score (nSPS) is 12.3. The Hall–Kier alpha value is -1.98. The summed E-state index contributed by atoms with van der Waals surface area (Å²) in [6.07, 6.45) is 1.00. The van der Waals surface area contributed by atoms with Gasteiger partial charge in [-0.3, -0.25) is 9.78 Å². The van der Waals surface area contributed by atoms with Gasteiger partial charge in [-0.2, -0.15) is 0 Å². The van der Waals surface area contributed by atoms with E-state index in [1.165, 1.54) is 12.0 Å². The average Bonchev–Trinajstić information content (AvgIpc) is 2.46. The van der Waals surface area contributed by atoms with E-state index in [2.05, 4.69) is 4.98 Å². The van der Waals surface area contributed by atoms with Crippen molar-refractivity contribution in [2.24, 2.45) is 0 Å².